The fourth-order valence-corrected chi connectivity index (χ4v) is 2.23. The molecule has 4 nitrogen and oxygen atoms in total. The van der Waals surface area contributed by atoms with E-state index in [2.05, 4.69) is 15.3 Å². The normalized spacial score (nSPS) is 19.8. The lowest BCUT2D eigenvalue weighted by atomic mass is 10.1. The third-order valence-electron chi connectivity index (χ3n) is 3.22. The molecule has 0 radical (unpaired) electrons. The van der Waals surface area contributed by atoms with Crippen LogP contribution in [0.15, 0.2) is 0 Å². The van der Waals surface area contributed by atoms with E-state index in [9.17, 15) is 0 Å². The van der Waals surface area contributed by atoms with Crippen molar-refractivity contribution in [3.8, 4) is 0 Å². The van der Waals surface area contributed by atoms with Crippen LogP contribution in [0.2, 0.25) is 5.15 Å². The second-order valence-electron chi connectivity index (χ2n) is 4.63. The molecular formula is C13H20ClN3O. The van der Waals surface area contributed by atoms with Crippen molar-refractivity contribution < 1.29 is 4.74 Å². The van der Waals surface area contributed by atoms with E-state index in [1.54, 1.807) is 0 Å². The molecule has 1 atom stereocenters. The Kier molecular flexibility index (Phi) is 4.78. The standard InChI is InChI=1S/C13H20ClN3O/c1-3-11-16-12(14)9(2)13(17-11)15-8-10-6-4-5-7-18-10/h10H,3-8H2,1-2H3,(H,15,16,17). The summed E-state index contributed by atoms with van der Waals surface area (Å²) in [5.74, 6) is 1.61. The van der Waals surface area contributed by atoms with Gasteiger partial charge in [0.1, 0.15) is 16.8 Å². The predicted molar refractivity (Wildman–Crippen MR) is 73.2 cm³/mol. The smallest absolute Gasteiger partial charge is 0.137 e. The van der Waals surface area contributed by atoms with Crippen LogP contribution in [0.4, 0.5) is 5.82 Å². The van der Waals surface area contributed by atoms with Gasteiger partial charge in [0.05, 0.1) is 6.10 Å². The second-order valence-corrected chi connectivity index (χ2v) is 4.99. The van der Waals surface area contributed by atoms with Crippen molar-refractivity contribution in [3.63, 3.8) is 0 Å². The largest absolute Gasteiger partial charge is 0.376 e. The highest BCUT2D eigenvalue weighted by molar-refractivity contribution is 6.30. The molecule has 1 N–H and O–H groups in total. The Bertz CT molecular complexity index is 405. The highest BCUT2D eigenvalue weighted by Gasteiger charge is 2.15. The zero-order valence-electron chi connectivity index (χ0n) is 11.0. The summed E-state index contributed by atoms with van der Waals surface area (Å²) in [6.45, 7) is 5.62. The Hall–Kier alpha value is -0.870. The second kappa shape index (κ2) is 6.34. The first kappa shape index (κ1) is 13.6. The topological polar surface area (TPSA) is 47.0 Å². The van der Waals surface area contributed by atoms with E-state index in [-0.39, 0.29) is 6.10 Å². The Labute approximate surface area is 113 Å². The third kappa shape index (κ3) is 3.33. The summed E-state index contributed by atoms with van der Waals surface area (Å²) in [6, 6.07) is 0. The molecular weight excluding hydrogens is 250 g/mol. The van der Waals surface area contributed by atoms with E-state index >= 15 is 0 Å². The quantitative estimate of drug-likeness (QED) is 0.854. The maximum absolute atomic E-state index is 6.10. The number of hydrogen-bond acceptors (Lipinski definition) is 4. The number of hydrogen-bond donors (Lipinski definition) is 1. The average molecular weight is 270 g/mol. The number of aromatic nitrogens is 2. The van der Waals surface area contributed by atoms with Crippen molar-refractivity contribution in [1.29, 1.82) is 0 Å². The summed E-state index contributed by atoms with van der Waals surface area (Å²) in [5, 5.41) is 3.87. The first-order valence-electron chi connectivity index (χ1n) is 6.59. The molecule has 1 aliphatic rings. The Morgan fingerprint density at radius 3 is 2.89 bits per heavy atom. The highest BCUT2D eigenvalue weighted by Crippen LogP contribution is 2.21. The van der Waals surface area contributed by atoms with Gasteiger partial charge in [0.15, 0.2) is 0 Å². The van der Waals surface area contributed by atoms with Crippen molar-refractivity contribution in [2.45, 2.75) is 45.6 Å². The molecule has 2 heterocycles. The molecule has 1 unspecified atom stereocenters. The van der Waals surface area contributed by atoms with Crippen LogP contribution in [0.1, 0.15) is 37.6 Å². The molecule has 1 saturated heterocycles. The minimum atomic E-state index is 0.289. The number of nitrogens with zero attached hydrogens (tertiary/aromatic N) is 2. The number of ether oxygens (including phenoxy) is 1. The van der Waals surface area contributed by atoms with Crippen molar-refractivity contribution >= 4 is 17.4 Å². The van der Waals surface area contributed by atoms with Gasteiger partial charge >= 0.3 is 0 Å². The molecule has 0 aliphatic carbocycles. The van der Waals surface area contributed by atoms with E-state index in [0.29, 0.717) is 5.15 Å². The molecule has 0 amide bonds. The number of nitrogens with one attached hydrogen (secondary N) is 1. The Morgan fingerprint density at radius 2 is 2.22 bits per heavy atom. The molecule has 1 aromatic rings. The number of rotatable bonds is 4. The Balaban J connectivity index is 2.01. The van der Waals surface area contributed by atoms with Gasteiger partial charge in [0, 0.05) is 25.1 Å². The van der Waals surface area contributed by atoms with Crippen LogP contribution in [-0.4, -0.2) is 29.2 Å². The van der Waals surface area contributed by atoms with Gasteiger partial charge < -0.3 is 10.1 Å². The van der Waals surface area contributed by atoms with E-state index < -0.39 is 0 Å². The van der Waals surface area contributed by atoms with Crippen LogP contribution in [0.5, 0.6) is 0 Å². The molecule has 0 aromatic carbocycles. The van der Waals surface area contributed by atoms with E-state index in [1.165, 1.54) is 12.8 Å². The summed E-state index contributed by atoms with van der Waals surface area (Å²) >= 11 is 6.10. The van der Waals surface area contributed by atoms with Gasteiger partial charge in [-0.2, -0.15) is 0 Å². The Morgan fingerprint density at radius 1 is 1.39 bits per heavy atom. The van der Waals surface area contributed by atoms with Crippen molar-refractivity contribution in [2.75, 3.05) is 18.5 Å². The zero-order valence-corrected chi connectivity index (χ0v) is 11.8. The first-order valence-corrected chi connectivity index (χ1v) is 6.97. The fourth-order valence-electron chi connectivity index (χ4n) is 2.04. The summed E-state index contributed by atoms with van der Waals surface area (Å²) in [4.78, 5) is 8.70. The molecule has 0 bridgehead atoms. The summed E-state index contributed by atoms with van der Waals surface area (Å²) in [7, 11) is 0. The minimum absolute atomic E-state index is 0.289. The first-order chi connectivity index (χ1) is 8.70. The summed E-state index contributed by atoms with van der Waals surface area (Å²) in [6.07, 6.45) is 4.61. The molecule has 1 fully saturated rings. The maximum atomic E-state index is 6.10. The minimum Gasteiger partial charge on any atom is -0.376 e. The highest BCUT2D eigenvalue weighted by atomic mass is 35.5. The van der Waals surface area contributed by atoms with Crippen LogP contribution in [0.3, 0.4) is 0 Å². The molecule has 18 heavy (non-hydrogen) atoms. The number of halogens is 1. The molecule has 2 rings (SSSR count). The lowest BCUT2D eigenvalue weighted by molar-refractivity contribution is 0.0247. The van der Waals surface area contributed by atoms with Gasteiger partial charge in [0.2, 0.25) is 0 Å². The van der Waals surface area contributed by atoms with Crippen LogP contribution in [-0.2, 0) is 11.2 Å². The van der Waals surface area contributed by atoms with Gasteiger partial charge in [-0.3, -0.25) is 0 Å². The third-order valence-corrected chi connectivity index (χ3v) is 3.59. The van der Waals surface area contributed by atoms with Crippen LogP contribution < -0.4 is 5.32 Å². The molecule has 100 valence electrons. The van der Waals surface area contributed by atoms with Gasteiger partial charge in [0.25, 0.3) is 0 Å². The molecule has 1 aromatic heterocycles. The van der Waals surface area contributed by atoms with E-state index in [0.717, 1.165) is 43.2 Å². The monoisotopic (exact) mass is 269 g/mol. The maximum Gasteiger partial charge on any atom is 0.137 e. The molecule has 0 saturated carbocycles. The van der Waals surface area contributed by atoms with Crippen molar-refractivity contribution in [3.05, 3.63) is 16.5 Å². The molecule has 1 aliphatic heterocycles. The van der Waals surface area contributed by atoms with Crippen molar-refractivity contribution in [2.24, 2.45) is 0 Å². The lowest BCUT2D eigenvalue weighted by Crippen LogP contribution is -2.27. The summed E-state index contributed by atoms with van der Waals surface area (Å²) < 4.78 is 5.69. The van der Waals surface area contributed by atoms with Gasteiger partial charge in [-0.25, -0.2) is 9.97 Å². The van der Waals surface area contributed by atoms with E-state index in [1.807, 2.05) is 13.8 Å². The van der Waals surface area contributed by atoms with Crippen LogP contribution >= 0.6 is 11.6 Å². The lowest BCUT2D eigenvalue weighted by Gasteiger charge is -2.23. The molecule has 0 spiro atoms. The fraction of sp³-hybridized carbons (Fsp3) is 0.692. The van der Waals surface area contributed by atoms with Crippen molar-refractivity contribution in [1.82, 2.24) is 9.97 Å². The molecule has 5 heteroatoms. The predicted octanol–water partition coefficient (Wildman–Crippen LogP) is 2.98. The summed E-state index contributed by atoms with van der Waals surface area (Å²) in [5.41, 5.74) is 0.907. The average Bonchev–Trinajstić information content (AvgIpc) is 2.41. The van der Waals surface area contributed by atoms with Crippen LogP contribution in [0, 0.1) is 6.92 Å². The van der Waals surface area contributed by atoms with E-state index in [4.69, 9.17) is 16.3 Å². The SMILES string of the molecule is CCc1nc(Cl)c(C)c(NCC2CCCCO2)n1. The number of aryl methyl sites for hydroxylation is 1. The van der Waals surface area contributed by atoms with Gasteiger partial charge in [-0.1, -0.05) is 18.5 Å². The van der Waals surface area contributed by atoms with Crippen LogP contribution in [0.25, 0.3) is 0 Å². The zero-order chi connectivity index (χ0) is 13.0. The number of anilines is 1. The van der Waals surface area contributed by atoms with Gasteiger partial charge in [-0.05, 0) is 26.2 Å². The van der Waals surface area contributed by atoms with Gasteiger partial charge in [-0.15, -0.1) is 0 Å².